The van der Waals surface area contributed by atoms with E-state index in [4.69, 9.17) is 4.74 Å². The summed E-state index contributed by atoms with van der Waals surface area (Å²) < 4.78 is 5.40. The van der Waals surface area contributed by atoms with Crippen molar-refractivity contribution in [1.82, 2.24) is 0 Å². The van der Waals surface area contributed by atoms with Crippen LogP contribution in [0.2, 0.25) is 0 Å². The predicted molar refractivity (Wildman–Crippen MR) is 62.9 cm³/mol. The van der Waals surface area contributed by atoms with E-state index < -0.39 is 4.92 Å². The van der Waals surface area contributed by atoms with E-state index in [0.29, 0.717) is 16.4 Å². The highest BCUT2D eigenvalue weighted by Gasteiger charge is 2.07. The quantitative estimate of drug-likeness (QED) is 0.473. The largest absolute Gasteiger partial charge is 0.456 e. The first-order valence-electron chi connectivity index (χ1n) is 4.65. The molecule has 0 bridgehead atoms. The van der Waals surface area contributed by atoms with Crippen molar-refractivity contribution >= 4 is 23.3 Å². The van der Waals surface area contributed by atoms with Crippen LogP contribution in [-0.4, -0.2) is 11.2 Å². The van der Waals surface area contributed by atoms with E-state index in [1.165, 1.54) is 23.5 Å². The third-order valence-electron chi connectivity index (χ3n) is 1.98. The molecule has 1 aromatic heterocycles. The van der Waals surface area contributed by atoms with Crippen molar-refractivity contribution in [3.8, 4) is 11.5 Å². The lowest BCUT2D eigenvalue weighted by Gasteiger charge is -2.01. The molecule has 0 aliphatic carbocycles. The molecular formula is C11H7NO4S. The standard InChI is InChI=1S/C11H7NO4S/c13-6-11-5-10(7-17-11)16-9-3-1-2-8(4-9)12(14)15/h1-7H. The molecule has 86 valence electrons. The van der Waals surface area contributed by atoms with Crippen molar-refractivity contribution in [2.75, 3.05) is 0 Å². The molecule has 0 N–H and O–H groups in total. The Bertz CT molecular complexity index is 564. The first kappa shape index (κ1) is 11.3. The van der Waals surface area contributed by atoms with Crippen molar-refractivity contribution in [2.45, 2.75) is 0 Å². The van der Waals surface area contributed by atoms with Crippen molar-refractivity contribution in [2.24, 2.45) is 0 Å². The second-order valence-corrected chi connectivity index (χ2v) is 4.10. The first-order chi connectivity index (χ1) is 8.19. The van der Waals surface area contributed by atoms with Crippen LogP contribution >= 0.6 is 11.3 Å². The number of hydrogen-bond donors (Lipinski definition) is 0. The molecule has 1 heterocycles. The van der Waals surface area contributed by atoms with Crippen LogP contribution in [0.4, 0.5) is 5.69 Å². The van der Waals surface area contributed by atoms with Gasteiger partial charge in [0, 0.05) is 17.5 Å². The number of ether oxygens (including phenoxy) is 1. The fourth-order valence-electron chi connectivity index (χ4n) is 1.25. The Morgan fingerprint density at radius 3 is 2.76 bits per heavy atom. The number of hydrogen-bond acceptors (Lipinski definition) is 5. The van der Waals surface area contributed by atoms with E-state index >= 15 is 0 Å². The highest BCUT2D eigenvalue weighted by atomic mass is 32.1. The molecule has 0 saturated carbocycles. The molecule has 6 heteroatoms. The van der Waals surface area contributed by atoms with Crippen LogP contribution in [0.1, 0.15) is 9.67 Å². The summed E-state index contributed by atoms with van der Waals surface area (Å²) in [5, 5.41) is 12.2. The molecule has 0 spiro atoms. The van der Waals surface area contributed by atoms with E-state index in [1.54, 1.807) is 23.6 Å². The SMILES string of the molecule is O=Cc1cc(Oc2cccc([N+](=O)[O-])c2)cs1. The maximum atomic E-state index is 10.6. The third-order valence-corrected chi connectivity index (χ3v) is 2.81. The van der Waals surface area contributed by atoms with Gasteiger partial charge in [0.2, 0.25) is 0 Å². The van der Waals surface area contributed by atoms with Crippen LogP contribution in [0.25, 0.3) is 0 Å². The zero-order valence-corrected chi connectivity index (χ0v) is 9.35. The second kappa shape index (κ2) is 4.75. The minimum atomic E-state index is -0.489. The normalized spacial score (nSPS) is 9.88. The van der Waals surface area contributed by atoms with Crippen LogP contribution in [0.3, 0.4) is 0 Å². The molecule has 0 aliphatic heterocycles. The molecule has 0 unspecified atom stereocenters. The number of aldehydes is 1. The minimum absolute atomic E-state index is 0.0339. The van der Waals surface area contributed by atoms with E-state index in [9.17, 15) is 14.9 Å². The molecule has 2 aromatic rings. The number of rotatable bonds is 4. The Hall–Kier alpha value is -2.21. The molecule has 2 rings (SSSR count). The number of carbonyl (C=O) groups is 1. The molecule has 0 saturated heterocycles. The molecule has 1 aromatic carbocycles. The molecule has 0 aliphatic rings. The lowest BCUT2D eigenvalue weighted by molar-refractivity contribution is -0.384. The Labute approximate surface area is 100 Å². The Kier molecular flexibility index (Phi) is 3.15. The number of thiophene rings is 1. The van der Waals surface area contributed by atoms with Gasteiger partial charge in [-0.3, -0.25) is 14.9 Å². The van der Waals surface area contributed by atoms with E-state index in [-0.39, 0.29) is 5.69 Å². The van der Waals surface area contributed by atoms with Crippen molar-refractivity contribution in [3.63, 3.8) is 0 Å². The number of nitrogens with zero attached hydrogens (tertiary/aromatic N) is 1. The predicted octanol–water partition coefficient (Wildman–Crippen LogP) is 3.26. The van der Waals surface area contributed by atoms with E-state index in [2.05, 4.69) is 0 Å². The van der Waals surface area contributed by atoms with Gasteiger partial charge in [0.15, 0.2) is 6.29 Å². The van der Waals surface area contributed by atoms with Crippen molar-refractivity contribution in [1.29, 1.82) is 0 Å². The van der Waals surface area contributed by atoms with Gasteiger partial charge in [0.05, 0.1) is 15.9 Å². The van der Waals surface area contributed by atoms with Gasteiger partial charge in [-0.05, 0) is 6.07 Å². The second-order valence-electron chi connectivity index (χ2n) is 3.16. The fourth-order valence-corrected chi connectivity index (χ4v) is 1.85. The van der Waals surface area contributed by atoms with Crippen LogP contribution in [0, 0.1) is 10.1 Å². The zero-order valence-electron chi connectivity index (χ0n) is 8.53. The monoisotopic (exact) mass is 249 g/mol. The summed E-state index contributed by atoms with van der Waals surface area (Å²) in [6.45, 7) is 0. The third kappa shape index (κ3) is 2.67. The van der Waals surface area contributed by atoms with Gasteiger partial charge in [-0.25, -0.2) is 0 Å². The summed E-state index contributed by atoms with van der Waals surface area (Å²) in [7, 11) is 0. The Morgan fingerprint density at radius 2 is 2.12 bits per heavy atom. The Balaban J connectivity index is 2.20. The van der Waals surface area contributed by atoms with Gasteiger partial charge in [0.25, 0.3) is 5.69 Å². The maximum absolute atomic E-state index is 10.6. The van der Waals surface area contributed by atoms with Gasteiger partial charge < -0.3 is 4.74 Å². The van der Waals surface area contributed by atoms with Crippen LogP contribution in [-0.2, 0) is 0 Å². The summed E-state index contributed by atoms with van der Waals surface area (Å²) in [5.74, 6) is 0.868. The summed E-state index contributed by atoms with van der Waals surface area (Å²) in [4.78, 5) is 21.1. The van der Waals surface area contributed by atoms with E-state index in [0.717, 1.165) is 6.29 Å². The van der Waals surface area contributed by atoms with Crippen LogP contribution < -0.4 is 4.74 Å². The smallest absolute Gasteiger partial charge is 0.273 e. The van der Waals surface area contributed by atoms with Crippen LogP contribution in [0.15, 0.2) is 35.7 Å². The topological polar surface area (TPSA) is 69.4 Å². The highest BCUT2D eigenvalue weighted by Crippen LogP contribution is 2.28. The molecule has 0 radical (unpaired) electrons. The minimum Gasteiger partial charge on any atom is -0.456 e. The molecule has 5 nitrogen and oxygen atoms in total. The number of nitro groups is 1. The van der Waals surface area contributed by atoms with Gasteiger partial charge >= 0.3 is 0 Å². The lowest BCUT2D eigenvalue weighted by Crippen LogP contribution is -1.88. The number of carbonyl (C=O) groups excluding carboxylic acids is 1. The fraction of sp³-hybridized carbons (Fsp3) is 0. The van der Waals surface area contributed by atoms with Gasteiger partial charge in [-0.2, -0.15) is 0 Å². The molecule has 0 atom stereocenters. The molecule has 17 heavy (non-hydrogen) atoms. The average Bonchev–Trinajstić information content (AvgIpc) is 2.77. The lowest BCUT2D eigenvalue weighted by atomic mass is 10.3. The first-order valence-corrected chi connectivity index (χ1v) is 5.53. The van der Waals surface area contributed by atoms with Crippen molar-refractivity contribution < 1.29 is 14.5 Å². The van der Waals surface area contributed by atoms with Crippen LogP contribution in [0.5, 0.6) is 11.5 Å². The summed E-state index contributed by atoms with van der Waals surface area (Å²) in [6, 6.07) is 7.46. The van der Waals surface area contributed by atoms with Gasteiger partial charge in [0.1, 0.15) is 11.5 Å². The van der Waals surface area contributed by atoms with Gasteiger partial charge in [-0.1, -0.05) is 6.07 Å². The summed E-state index contributed by atoms with van der Waals surface area (Å²) in [6.07, 6.45) is 0.727. The Morgan fingerprint density at radius 1 is 1.29 bits per heavy atom. The van der Waals surface area contributed by atoms with Crippen molar-refractivity contribution in [3.05, 3.63) is 50.7 Å². The number of non-ortho nitro benzene ring substituents is 1. The highest BCUT2D eigenvalue weighted by molar-refractivity contribution is 7.11. The van der Waals surface area contributed by atoms with E-state index in [1.807, 2.05) is 0 Å². The number of nitro benzene ring substituents is 1. The molecule has 0 fully saturated rings. The molecule has 0 amide bonds. The summed E-state index contributed by atoms with van der Waals surface area (Å²) in [5.41, 5.74) is -0.0339. The summed E-state index contributed by atoms with van der Waals surface area (Å²) >= 11 is 1.25. The zero-order chi connectivity index (χ0) is 12.3. The van der Waals surface area contributed by atoms with Gasteiger partial charge in [-0.15, -0.1) is 11.3 Å². The maximum Gasteiger partial charge on any atom is 0.273 e. The molecular weight excluding hydrogens is 242 g/mol. The average molecular weight is 249 g/mol. The number of benzene rings is 1.